The molecule has 0 radical (unpaired) electrons. The lowest BCUT2D eigenvalue weighted by atomic mass is 10.4. The fourth-order valence-electron chi connectivity index (χ4n) is 1.13. The van der Waals surface area contributed by atoms with E-state index in [1.54, 1.807) is 17.5 Å². The van der Waals surface area contributed by atoms with Crippen molar-refractivity contribution in [3.05, 3.63) is 35.2 Å². The van der Waals surface area contributed by atoms with E-state index in [0.29, 0.717) is 5.13 Å². The lowest BCUT2D eigenvalue weighted by molar-refractivity contribution is 0.0956. The van der Waals surface area contributed by atoms with E-state index in [-0.39, 0.29) is 17.4 Å². The molecule has 2 aromatic rings. The zero-order chi connectivity index (χ0) is 12.3. The Labute approximate surface area is 101 Å². The number of carbonyl (C=O) groups excluding carboxylic acids is 2. The molecule has 2 heterocycles. The summed E-state index contributed by atoms with van der Waals surface area (Å²) in [5, 5.41) is 6.91. The number of amides is 2. The fourth-order valence-corrected chi connectivity index (χ4v) is 1.82. The van der Waals surface area contributed by atoms with Gasteiger partial charge in [0.25, 0.3) is 11.8 Å². The molecule has 2 rings (SSSR count). The minimum Gasteiger partial charge on any atom is -0.459 e. The molecule has 0 bridgehead atoms. The van der Waals surface area contributed by atoms with Crippen LogP contribution in [0.4, 0.5) is 5.13 Å². The first kappa shape index (κ1) is 11.3. The van der Waals surface area contributed by atoms with Gasteiger partial charge in [-0.15, -0.1) is 11.3 Å². The van der Waals surface area contributed by atoms with Crippen molar-refractivity contribution in [1.82, 2.24) is 10.3 Å². The van der Waals surface area contributed by atoms with E-state index < -0.39 is 5.91 Å². The highest BCUT2D eigenvalue weighted by molar-refractivity contribution is 7.14. The quantitative estimate of drug-likeness (QED) is 0.862. The third-order valence-corrected chi connectivity index (χ3v) is 2.69. The Morgan fingerprint density at radius 2 is 2.24 bits per heavy atom. The van der Waals surface area contributed by atoms with Crippen molar-refractivity contribution in [1.29, 1.82) is 0 Å². The van der Waals surface area contributed by atoms with Crippen LogP contribution in [0.3, 0.4) is 0 Å². The van der Waals surface area contributed by atoms with Crippen LogP contribution >= 0.6 is 11.3 Å². The first-order chi connectivity index (χ1) is 8.20. The van der Waals surface area contributed by atoms with Gasteiger partial charge in [0.15, 0.2) is 10.9 Å². The van der Waals surface area contributed by atoms with E-state index in [4.69, 9.17) is 4.42 Å². The highest BCUT2D eigenvalue weighted by Crippen LogP contribution is 2.16. The number of nitrogens with zero attached hydrogens (tertiary/aromatic N) is 1. The van der Waals surface area contributed by atoms with E-state index in [1.165, 1.54) is 24.6 Å². The van der Waals surface area contributed by atoms with E-state index >= 15 is 0 Å². The van der Waals surface area contributed by atoms with Crippen molar-refractivity contribution in [2.45, 2.75) is 0 Å². The molecule has 88 valence electrons. The molecule has 0 aliphatic rings. The normalized spacial score (nSPS) is 9.94. The van der Waals surface area contributed by atoms with Crippen LogP contribution in [0.15, 0.2) is 28.2 Å². The van der Waals surface area contributed by atoms with E-state index in [9.17, 15) is 9.59 Å². The number of carbonyl (C=O) groups is 2. The Morgan fingerprint density at radius 1 is 1.41 bits per heavy atom. The third kappa shape index (κ3) is 2.51. The molecule has 7 heteroatoms. The predicted octanol–water partition coefficient (Wildman–Crippen LogP) is 1.35. The minimum atomic E-state index is -0.396. The second-order valence-electron chi connectivity index (χ2n) is 3.05. The van der Waals surface area contributed by atoms with Gasteiger partial charge in [-0.25, -0.2) is 4.98 Å². The van der Waals surface area contributed by atoms with Crippen LogP contribution in [0.25, 0.3) is 0 Å². The maximum atomic E-state index is 11.6. The molecule has 6 nitrogen and oxygen atoms in total. The molecule has 0 aromatic carbocycles. The number of anilines is 1. The molecule has 0 saturated carbocycles. The highest BCUT2D eigenvalue weighted by Gasteiger charge is 2.13. The van der Waals surface area contributed by atoms with Gasteiger partial charge in [0.1, 0.15) is 5.69 Å². The van der Waals surface area contributed by atoms with Crippen LogP contribution in [0.5, 0.6) is 0 Å². The van der Waals surface area contributed by atoms with Gasteiger partial charge in [-0.3, -0.25) is 14.9 Å². The maximum Gasteiger partial charge on any atom is 0.293 e. The molecular formula is C10H9N3O3S. The Hall–Kier alpha value is -2.15. The SMILES string of the molecule is CNC(=O)c1csc(NC(=O)c2ccco2)n1. The molecule has 17 heavy (non-hydrogen) atoms. The van der Waals surface area contributed by atoms with Crippen LogP contribution < -0.4 is 10.6 Å². The van der Waals surface area contributed by atoms with E-state index in [0.717, 1.165) is 0 Å². The van der Waals surface area contributed by atoms with Gasteiger partial charge in [-0.2, -0.15) is 0 Å². The largest absolute Gasteiger partial charge is 0.459 e. The van der Waals surface area contributed by atoms with Gasteiger partial charge >= 0.3 is 0 Å². The topological polar surface area (TPSA) is 84.2 Å². The van der Waals surface area contributed by atoms with Gasteiger partial charge in [-0.1, -0.05) is 0 Å². The summed E-state index contributed by atoms with van der Waals surface area (Å²) in [4.78, 5) is 26.8. The summed E-state index contributed by atoms with van der Waals surface area (Å²) in [7, 11) is 1.52. The number of rotatable bonds is 3. The molecule has 0 unspecified atom stereocenters. The monoisotopic (exact) mass is 251 g/mol. The summed E-state index contributed by atoms with van der Waals surface area (Å²) in [6.45, 7) is 0. The molecule has 0 aliphatic carbocycles. The summed E-state index contributed by atoms with van der Waals surface area (Å²) in [6, 6.07) is 3.16. The number of hydrogen-bond acceptors (Lipinski definition) is 5. The Kier molecular flexibility index (Phi) is 3.20. The molecule has 0 atom stereocenters. The fraction of sp³-hybridized carbons (Fsp3) is 0.100. The second-order valence-corrected chi connectivity index (χ2v) is 3.91. The summed E-state index contributed by atoms with van der Waals surface area (Å²) in [6.07, 6.45) is 1.41. The Morgan fingerprint density at radius 3 is 2.88 bits per heavy atom. The van der Waals surface area contributed by atoms with Crippen molar-refractivity contribution in [3.8, 4) is 0 Å². The second kappa shape index (κ2) is 4.79. The molecule has 0 aliphatic heterocycles. The van der Waals surface area contributed by atoms with Gasteiger partial charge < -0.3 is 9.73 Å². The number of furan rings is 1. The van der Waals surface area contributed by atoms with Crippen molar-refractivity contribution in [3.63, 3.8) is 0 Å². The molecule has 0 saturated heterocycles. The number of hydrogen-bond donors (Lipinski definition) is 2. The van der Waals surface area contributed by atoms with Gasteiger partial charge in [-0.05, 0) is 12.1 Å². The van der Waals surface area contributed by atoms with Crippen LogP contribution in [-0.4, -0.2) is 23.8 Å². The lowest BCUT2D eigenvalue weighted by Crippen LogP contribution is -2.18. The summed E-state index contributed by atoms with van der Waals surface area (Å²) in [5.41, 5.74) is 0.271. The van der Waals surface area contributed by atoms with Gasteiger partial charge in [0, 0.05) is 12.4 Å². The van der Waals surface area contributed by atoms with E-state index in [2.05, 4.69) is 15.6 Å². The summed E-state index contributed by atoms with van der Waals surface area (Å²) >= 11 is 1.17. The standard InChI is InChI=1S/C10H9N3O3S/c1-11-8(14)6-5-17-10(12-6)13-9(15)7-3-2-4-16-7/h2-5H,1H3,(H,11,14)(H,12,13,15). The predicted molar refractivity (Wildman–Crippen MR) is 62.2 cm³/mol. The van der Waals surface area contributed by atoms with Gasteiger partial charge in [0.05, 0.1) is 6.26 Å². The molecule has 2 N–H and O–H groups in total. The number of thiazole rings is 1. The average Bonchev–Trinajstić information content (AvgIpc) is 2.98. The lowest BCUT2D eigenvalue weighted by Gasteiger charge is -1.97. The van der Waals surface area contributed by atoms with Crippen LogP contribution in [0, 0.1) is 0 Å². The van der Waals surface area contributed by atoms with Crippen LogP contribution in [0.1, 0.15) is 21.0 Å². The Balaban J connectivity index is 2.07. The zero-order valence-corrected chi connectivity index (χ0v) is 9.71. The first-order valence-electron chi connectivity index (χ1n) is 4.73. The smallest absolute Gasteiger partial charge is 0.293 e. The third-order valence-electron chi connectivity index (χ3n) is 1.93. The van der Waals surface area contributed by atoms with Crippen molar-refractivity contribution in [2.24, 2.45) is 0 Å². The molecular weight excluding hydrogens is 242 g/mol. The van der Waals surface area contributed by atoms with Crippen molar-refractivity contribution >= 4 is 28.3 Å². The van der Waals surface area contributed by atoms with E-state index in [1.807, 2.05) is 0 Å². The summed E-state index contributed by atoms with van der Waals surface area (Å²) < 4.78 is 4.93. The number of aromatic nitrogens is 1. The van der Waals surface area contributed by atoms with Crippen molar-refractivity contribution in [2.75, 3.05) is 12.4 Å². The highest BCUT2D eigenvalue weighted by atomic mass is 32.1. The first-order valence-corrected chi connectivity index (χ1v) is 5.61. The summed E-state index contributed by atoms with van der Waals surface area (Å²) in [5.74, 6) is -0.491. The minimum absolute atomic E-state index is 0.196. The zero-order valence-electron chi connectivity index (χ0n) is 8.89. The Bertz CT molecular complexity index is 533. The molecule has 2 amide bonds. The van der Waals surface area contributed by atoms with Crippen molar-refractivity contribution < 1.29 is 14.0 Å². The maximum absolute atomic E-state index is 11.6. The van der Waals surface area contributed by atoms with Gasteiger partial charge in [0.2, 0.25) is 0 Å². The van der Waals surface area contributed by atoms with Crippen LogP contribution in [0.2, 0.25) is 0 Å². The van der Waals surface area contributed by atoms with Crippen LogP contribution in [-0.2, 0) is 0 Å². The average molecular weight is 251 g/mol. The molecule has 2 aromatic heterocycles. The molecule has 0 fully saturated rings. The number of nitrogens with one attached hydrogen (secondary N) is 2. The molecule has 0 spiro atoms.